The van der Waals surface area contributed by atoms with E-state index in [1.54, 1.807) is 6.20 Å². The fourth-order valence-electron chi connectivity index (χ4n) is 2.06. The normalized spacial score (nSPS) is 17.1. The van der Waals surface area contributed by atoms with E-state index >= 15 is 0 Å². The van der Waals surface area contributed by atoms with Crippen LogP contribution in [0.1, 0.15) is 31.2 Å². The van der Waals surface area contributed by atoms with Gasteiger partial charge in [0.05, 0.1) is 6.54 Å². The van der Waals surface area contributed by atoms with E-state index in [9.17, 15) is 0 Å². The fraction of sp³-hybridized carbons (Fsp3) is 0.500. The van der Waals surface area contributed by atoms with Crippen LogP contribution in [-0.4, -0.2) is 17.0 Å². The lowest BCUT2D eigenvalue weighted by Crippen LogP contribution is -2.45. The van der Waals surface area contributed by atoms with Crippen molar-refractivity contribution in [2.45, 2.75) is 38.3 Å². The molecule has 0 atom stereocenters. The summed E-state index contributed by atoms with van der Waals surface area (Å²) in [6.45, 7) is 0.590. The molecule has 5 nitrogen and oxygen atoms in total. The Hall–Kier alpha value is -1.62. The van der Waals surface area contributed by atoms with Gasteiger partial charge in [0.25, 0.3) is 0 Å². The van der Waals surface area contributed by atoms with Crippen LogP contribution in [0, 0.1) is 0 Å². The summed E-state index contributed by atoms with van der Waals surface area (Å²) in [5, 5.41) is 3.33. The van der Waals surface area contributed by atoms with Gasteiger partial charge in [0, 0.05) is 18.4 Å². The molecule has 2 rings (SSSR count). The van der Waals surface area contributed by atoms with Crippen molar-refractivity contribution in [3.8, 4) is 0 Å². The number of hydrazine groups is 1. The van der Waals surface area contributed by atoms with E-state index in [0.717, 1.165) is 5.56 Å². The highest BCUT2D eigenvalue weighted by Gasteiger charge is 2.15. The third kappa shape index (κ3) is 3.71. The van der Waals surface area contributed by atoms with E-state index in [4.69, 9.17) is 5.84 Å². The highest BCUT2D eigenvalue weighted by atomic mass is 15.3. The number of nitrogens with two attached hydrogens (primary N) is 1. The lowest BCUT2D eigenvalue weighted by Gasteiger charge is -2.14. The Bertz CT molecular complexity index is 356. The van der Waals surface area contributed by atoms with Crippen LogP contribution < -0.4 is 16.6 Å². The number of nitrogens with one attached hydrogen (secondary N) is 2. The largest absolute Gasteiger partial charge is 0.353 e. The van der Waals surface area contributed by atoms with Gasteiger partial charge < -0.3 is 5.32 Å². The van der Waals surface area contributed by atoms with Gasteiger partial charge in [-0.2, -0.15) is 0 Å². The summed E-state index contributed by atoms with van der Waals surface area (Å²) in [6, 6.07) is 4.42. The molecule has 17 heavy (non-hydrogen) atoms. The zero-order valence-corrected chi connectivity index (χ0v) is 9.89. The molecule has 0 saturated heterocycles. The van der Waals surface area contributed by atoms with Crippen molar-refractivity contribution in [1.29, 1.82) is 0 Å². The number of guanidine groups is 1. The van der Waals surface area contributed by atoms with Crippen LogP contribution in [0.25, 0.3) is 0 Å². The average molecular weight is 233 g/mol. The Balaban J connectivity index is 1.88. The molecule has 1 aromatic rings. The van der Waals surface area contributed by atoms with Crippen molar-refractivity contribution in [2.24, 2.45) is 10.8 Å². The molecule has 0 amide bonds. The number of aliphatic imine (C=N–C) groups is 1. The van der Waals surface area contributed by atoms with Crippen molar-refractivity contribution in [1.82, 2.24) is 15.7 Å². The summed E-state index contributed by atoms with van der Waals surface area (Å²) in [4.78, 5) is 8.46. The molecule has 92 valence electrons. The zero-order valence-electron chi connectivity index (χ0n) is 9.89. The lowest BCUT2D eigenvalue weighted by molar-refractivity contribution is 0.614. The quantitative estimate of drug-likeness (QED) is 0.314. The second-order valence-electron chi connectivity index (χ2n) is 4.30. The highest BCUT2D eigenvalue weighted by Crippen LogP contribution is 2.17. The topological polar surface area (TPSA) is 75.3 Å². The monoisotopic (exact) mass is 233 g/mol. The molecule has 0 unspecified atom stereocenters. The summed E-state index contributed by atoms with van der Waals surface area (Å²) in [5.74, 6) is 6.12. The molecule has 0 aromatic carbocycles. The van der Waals surface area contributed by atoms with Crippen LogP contribution in [0.15, 0.2) is 29.5 Å². The van der Waals surface area contributed by atoms with Crippen molar-refractivity contribution in [3.05, 3.63) is 30.1 Å². The Morgan fingerprint density at radius 3 is 2.94 bits per heavy atom. The summed E-state index contributed by atoms with van der Waals surface area (Å²) >= 11 is 0. The molecule has 0 aliphatic heterocycles. The van der Waals surface area contributed by atoms with E-state index in [2.05, 4.69) is 20.7 Å². The van der Waals surface area contributed by atoms with Gasteiger partial charge in [-0.1, -0.05) is 18.9 Å². The van der Waals surface area contributed by atoms with Gasteiger partial charge in [0.15, 0.2) is 0 Å². The maximum atomic E-state index is 5.46. The van der Waals surface area contributed by atoms with Crippen LogP contribution in [0.5, 0.6) is 0 Å². The molecule has 0 bridgehead atoms. The Morgan fingerprint density at radius 1 is 1.47 bits per heavy atom. The molecule has 1 aliphatic rings. The fourth-order valence-corrected chi connectivity index (χ4v) is 2.06. The SMILES string of the molecule is NNC(=NCc1cccnc1)NC1CCCC1. The Labute approximate surface area is 102 Å². The van der Waals surface area contributed by atoms with Crippen LogP contribution in [0.2, 0.25) is 0 Å². The number of nitrogens with zero attached hydrogens (tertiary/aromatic N) is 2. The van der Waals surface area contributed by atoms with Crippen molar-refractivity contribution in [3.63, 3.8) is 0 Å². The van der Waals surface area contributed by atoms with Crippen LogP contribution >= 0.6 is 0 Å². The van der Waals surface area contributed by atoms with Crippen molar-refractivity contribution < 1.29 is 0 Å². The summed E-state index contributed by atoms with van der Waals surface area (Å²) in [7, 11) is 0. The predicted octanol–water partition coefficient (Wildman–Crippen LogP) is 0.933. The van der Waals surface area contributed by atoms with Crippen LogP contribution in [-0.2, 0) is 6.54 Å². The van der Waals surface area contributed by atoms with E-state index in [0.29, 0.717) is 18.5 Å². The third-order valence-corrected chi connectivity index (χ3v) is 2.98. The number of aromatic nitrogens is 1. The van der Waals surface area contributed by atoms with Crippen LogP contribution in [0.4, 0.5) is 0 Å². The molecule has 5 heteroatoms. The van der Waals surface area contributed by atoms with Gasteiger partial charge in [-0.25, -0.2) is 10.8 Å². The van der Waals surface area contributed by atoms with Gasteiger partial charge in [0.2, 0.25) is 5.96 Å². The molecule has 1 aromatic heterocycles. The first-order chi connectivity index (χ1) is 8.38. The minimum Gasteiger partial charge on any atom is -0.353 e. The zero-order chi connectivity index (χ0) is 11.9. The molecule has 0 radical (unpaired) electrons. The van der Waals surface area contributed by atoms with Gasteiger partial charge in [-0.05, 0) is 24.5 Å². The maximum absolute atomic E-state index is 5.46. The average Bonchev–Trinajstić information content (AvgIpc) is 2.88. The van der Waals surface area contributed by atoms with Gasteiger partial charge in [-0.15, -0.1) is 0 Å². The number of pyridine rings is 1. The minimum absolute atomic E-state index is 0.513. The second-order valence-corrected chi connectivity index (χ2v) is 4.30. The van der Waals surface area contributed by atoms with Gasteiger partial charge in [0.1, 0.15) is 0 Å². The lowest BCUT2D eigenvalue weighted by atomic mass is 10.2. The number of hydrogen-bond acceptors (Lipinski definition) is 3. The summed E-state index contributed by atoms with van der Waals surface area (Å²) in [6.07, 6.45) is 8.55. The first-order valence-electron chi connectivity index (χ1n) is 6.05. The Kier molecular flexibility index (Phi) is 4.32. The predicted molar refractivity (Wildman–Crippen MR) is 68.1 cm³/mol. The number of hydrogen-bond donors (Lipinski definition) is 3. The van der Waals surface area contributed by atoms with Crippen molar-refractivity contribution >= 4 is 5.96 Å². The second kappa shape index (κ2) is 6.20. The van der Waals surface area contributed by atoms with E-state index in [1.165, 1.54) is 25.7 Å². The molecular formula is C12H19N5. The standard InChI is InChI=1S/C12H19N5/c13-17-12(16-11-5-1-2-6-11)15-9-10-4-3-7-14-8-10/h3-4,7-8,11H,1-2,5-6,9,13H2,(H2,15,16,17). The van der Waals surface area contributed by atoms with Gasteiger partial charge in [-0.3, -0.25) is 10.4 Å². The first-order valence-corrected chi connectivity index (χ1v) is 6.05. The molecule has 1 heterocycles. The molecule has 1 fully saturated rings. The smallest absolute Gasteiger partial charge is 0.206 e. The summed E-state index contributed by atoms with van der Waals surface area (Å²) in [5.41, 5.74) is 3.69. The minimum atomic E-state index is 0.513. The van der Waals surface area contributed by atoms with Crippen LogP contribution in [0.3, 0.4) is 0 Å². The maximum Gasteiger partial charge on any atom is 0.206 e. The molecular weight excluding hydrogens is 214 g/mol. The van der Waals surface area contributed by atoms with Gasteiger partial charge >= 0.3 is 0 Å². The van der Waals surface area contributed by atoms with E-state index < -0.39 is 0 Å². The molecule has 4 N–H and O–H groups in total. The van der Waals surface area contributed by atoms with Crippen molar-refractivity contribution in [2.75, 3.05) is 0 Å². The molecule has 1 aliphatic carbocycles. The number of rotatable bonds is 3. The van der Waals surface area contributed by atoms with E-state index in [1.807, 2.05) is 18.3 Å². The third-order valence-electron chi connectivity index (χ3n) is 2.98. The Morgan fingerprint density at radius 2 is 2.29 bits per heavy atom. The van der Waals surface area contributed by atoms with E-state index in [-0.39, 0.29) is 0 Å². The summed E-state index contributed by atoms with van der Waals surface area (Å²) < 4.78 is 0. The first kappa shape index (κ1) is 11.9. The molecule has 1 saturated carbocycles. The molecule has 0 spiro atoms. The highest BCUT2D eigenvalue weighted by molar-refractivity contribution is 5.79.